The van der Waals surface area contributed by atoms with E-state index in [1.165, 1.54) is 23.8 Å². The van der Waals surface area contributed by atoms with Crippen LogP contribution >= 0.6 is 0 Å². The average molecular weight is 421 g/mol. The molecule has 3 aromatic rings. The Kier molecular flexibility index (Phi) is 5.57. The van der Waals surface area contributed by atoms with Gasteiger partial charge in [-0.3, -0.25) is 9.69 Å². The second-order valence-electron chi connectivity index (χ2n) is 9.31. The number of likely N-dealkylation sites (N-methyl/N-ethyl adjacent to an activating group) is 1. The van der Waals surface area contributed by atoms with Crippen LogP contribution in [0, 0.1) is 5.92 Å². The molecular formula is C25H32N4O2. The van der Waals surface area contributed by atoms with E-state index in [-0.39, 0.29) is 5.78 Å². The largest absolute Gasteiger partial charge is 0.420 e. The third-order valence-electron chi connectivity index (χ3n) is 7.24. The summed E-state index contributed by atoms with van der Waals surface area (Å²) in [5.74, 6) is 0.764. The molecule has 6 heteroatoms. The molecule has 5 rings (SSSR count). The molecule has 2 aromatic heterocycles. The molecule has 164 valence electrons. The first-order valence-electron chi connectivity index (χ1n) is 11.6. The van der Waals surface area contributed by atoms with Gasteiger partial charge >= 0.3 is 0 Å². The number of benzene rings is 1. The molecule has 1 aromatic carbocycles. The lowest BCUT2D eigenvalue weighted by Gasteiger charge is -2.38. The van der Waals surface area contributed by atoms with Gasteiger partial charge < -0.3 is 14.3 Å². The van der Waals surface area contributed by atoms with Gasteiger partial charge in [-0.1, -0.05) is 31.5 Å². The number of para-hydroxylation sites is 1. The third-order valence-corrected chi connectivity index (χ3v) is 7.24. The zero-order valence-corrected chi connectivity index (χ0v) is 18.5. The van der Waals surface area contributed by atoms with E-state index in [1.54, 1.807) is 6.20 Å². The fourth-order valence-corrected chi connectivity index (χ4v) is 5.47. The van der Waals surface area contributed by atoms with Crippen LogP contribution in [0.1, 0.15) is 55.1 Å². The molecule has 6 nitrogen and oxygen atoms in total. The van der Waals surface area contributed by atoms with Crippen LogP contribution in [-0.2, 0) is 6.42 Å². The molecule has 4 heterocycles. The number of nitrogens with one attached hydrogen (secondary N) is 1. The second kappa shape index (κ2) is 8.50. The maximum Gasteiger partial charge on any atom is 0.297 e. The number of ketones is 1. The number of aromatic amines is 1. The highest BCUT2D eigenvalue weighted by atomic mass is 16.4. The van der Waals surface area contributed by atoms with Gasteiger partial charge in [-0.2, -0.15) is 0 Å². The predicted molar refractivity (Wildman–Crippen MR) is 123 cm³/mol. The van der Waals surface area contributed by atoms with Crippen molar-refractivity contribution in [3.8, 4) is 0 Å². The summed E-state index contributed by atoms with van der Waals surface area (Å²) in [6.45, 7) is 4.04. The fourth-order valence-electron chi connectivity index (χ4n) is 5.47. The summed E-state index contributed by atoms with van der Waals surface area (Å²) in [4.78, 5) is 25.6. The van der Waals surface area contributed by atoms with Crippen molar-refractivity contribution in [3.05, 3.63) is 48.0 Å². The molecule has 3 atom stereocenters. The maximum atomic E-state index is 13.0. The first-order valence-corrected chi connectivity index (χ1v) is 11.6. The number of anilines is 1. The first-order chi connectivity index (χ1) is 15.1. The number of fused-ring (bicyclic) bond motifs is 3. The van der Waals surface area contributed by atoms with Gasteiger partial charge in [0.2, 0.25) is 0 Å². The van der Waals surface area contributed by atoms with Crippen LogP contribution in [0.3, 0.4) is 0 Å². The lowest BCUT2D eigenvalue weighted by molar-refractivity contribution is 0.0931. The molecule has 3 unspecified atom stereocenters. The molecule has 0 amide bonds. The molecule has 0 saturated carbocycles. The summed E-state index contributed by atoms with van der Waals surface area (Å²) in [6.07, 6.45) is 9.66. The van der Waals surface area contributed by atoms with Gasteiger partial charge in [-0.15, -0.1) is 0 Å². The van der Waals surface area contributed by atoms with E-state index in [0.717, 1.165) is 37.9 Å². The Hall–Kier alpha value is -2.60. The number of rotatable bonds is 8. The van der Waals surface area contributed by atoms with E-state index in [1.807, 2.05) is 6.07 Å². The van der Waals surface area contributed by atoms with Crippen molar-refractivity contribution in [2.75, 3.05) is 25.0 Å². The van der Waals surface area contributed by atoms with Crippen LogP contribution in [0.4, 0.5) is 6.01 Å². The highest BCUT2D eigenvalue weighted by molar-refractivity contribution is 5.93. The molecule has 0 radical (unpaired) electrons. The molecular weight excluding hydrogens is 388 g/mol. The highest BCUT2D eigenvalue weighted by Gasteiger charge is 2.39. The molecule has 2 fully saturated rings. The van der Waals surface area contributed by atoms with Crippen molar-refractivity contribution in [3.63, 3.8) is 0 Å². The van der Waals surface area contributed by atoms with Crippen molar-refractivity contribution >= 4 is 22.7 Å². The predicted octanol–water partition coefficient (Wildman–Crippen LogP) is 4.67. The molecule has 2 aliphatic rings. The number of hydrogen-bond donors (Lipinski definition) is 1. The summed E-state index contributed by atoms with van der Waals surface area (Å²) in [6, 6.07) is 10.1. The Morgan fingerprint density at radius 1 is 1.26 bits per heavy atom. The van der Waals surface area contributed by atoms with Crippen LogP contribution in [0.25, 0.3) is 10.9 Å². The minimum Gasteiger partial charge on any atom is -0.420 e. The summed E-state index contributed by atoms with van der Waals surface area (Å²) in [5.41, 5.74) is 2.44. The van der Waals surface area contributed by atoms with Crippen LogP contribution in [-0.4, -0.2) is 52.9 Å². The van der Waals surface area contributed by atoms with Gasteiger partial charge in [0.1, 0.15) is 0 Å². The number of carbonyl (C=O) groups is 1. The van der Waals surface area contributed by atoms with Crippen LogP contribution in [0.15, 0.2) is 41.1 Å². The van der Waals surface area contributed by atoms with Gasteiger partial charge in [0.15, 0.2) is 11.5 Å². The van der Waals surface area contributed by atoms with Crippen molar-refractivity contribution in [1.82, 2.24) is 14.9 Å². The number of carbonyl (C=O) groups excluding carboxylic acids is 1. The first kappa shape index (κ1) is 20.3. The third kappa shape index (κ3) is 4.01. The van der Waals surface area contributed by atoms with Crippen molar-refractivity contribution in [2.45, 2.75) is 57.5 Å². The number of oxazole rings is 1. The zero-order valence-electron chi connectivity index (χ0n) is 18.5. The SMILES string of the molecule is CCCC(CC(=O)c1cnc(N2CC3CCC(C2)N3C)o1)Cc1c[nH]c2ccccc12. The van der Waals surface area contributed by atoms with Crippen LogP contribution in [0.5, 0.6) is 0 Å². The van der Waals surface area contributed by atoms with E-state index >= 15 is 0 Å². The average Bonchev–Trinajstić information content (AvgIpc) is 3.45. The maximum absolute atomic E-state index is 13.0. The minimum absolute atomic E-state index is 0.0640. The summed E-state index contributed by atoms with van der Waals surface area (Å²) in [5, 5.41) is 1.25. The summed E-state index contributed by atoms with van der Waals surface area (Å²) < 4.78 is 5.97. The standard InChI is InChI=1S/C25H32N4O2/c1-3-6-17(11-18-13-26-22-8-5-4-7-21(18)22)12-23(30)24-14-27-25(31-24)29-15-19-9-10-20(16-29)28(19)2/h4-5,7-8,13-14,17,19-20,26H,3,6,9-12,15-16H2,1-2H3. The van der Waals surface area contributed by atoms with Gasteiger partial charge in [0.05, 0.1) is 6.20 Å². The Bertz CT molecular complexity index is 1040. The number of nitrogens with zero attached hydrogens (tertiary/aromatic N) is 3. The van der Waals surface area contributed by atoms with Crippen molar-refractivity contribution in [2.24, 2.45) is 5.92 Å². The fraction of sp³-hybridized carbons (Fsp3) is 0.520. The van der Waals surface area contributed by atoms with E-state index in [2.05, 4.69) is 58.1 Å². The lowest BCUT2D eigenvalue weighted by atomic mass is 9.90. The van der Waals surface area contributed by atoms with E-state index in [4.69, 9.17) is 4.42 Å². The quantitative estimate of drug-likeness (QED) is 0.537. The van der Waals surface area contributed by atoms with Gasteiger partial charge in [0, 0.05) is 48.7 Å². The van der Waals surface area contributed by atoms with Crippen LogP contribution < -0.4 is 4.90 Å². The topological polar surface area (TPSA) is 65.4 Å². The molecule has 2 bridgehead atoms. The molecule has 2 aliphatic heterocycles. The van der Waals surface area contributed by atoms with Gasteiger partial charge in [-0.05, 0) is 50.3 Å². The Morgan fingerprint density at radius 2 is 2.03 bits per heavy atom. The van der Waals surface area contributed by atoms with E-state index in [9.17, 15) is 4.79 Å². The second-order valence-corrected chi connectivity index (χ2v) is 9.31. The molecule has 0 aliphatic carbocycles. The highest BCUT2D eigenvalue weighted by Crippen LogP contribution is 2.31. The smallest absolute Gasteiger partial charge is 0.297 e. The number of piperazine rings is 1. The summed E-state index contributed by atoms with van der Waals surface area (Å²) >= 11 is 0. The minimum atomic E-state index is 0.0640. The molecule has 0 spiro atoms. The number of H-pyrrole nitrogens is 1. The Labute approximate surface area is 183 Å². The van der Waals surface area contributed by atoms with E-state index < -0.39 is 0 Å². The summed E-state index contributed by atoms with van der Waals surface area (Å²) in [7, 11) is 2.21. The van der Waals surface area contributed by atoms with E-state index in [0.29, 0.717) is 36.2 Å². The number of aromatic nitrogens is 2. The van der Waals surface area contributed by atoms with Crippen molar-refractivity contribution in [1.29, 1.82) is 0 Å². The van der Waals surface area contributed by atoms with Crippen molar-refractivity contribution < 1.29 is 9.21 Å². The number of hydrogen-bond acceptors (Lipinski definition) is 5. The van der Waals surface area contributed by atoms with Gasteiger partial charge in [0.25, 0.3) is 6.01 Å². The normalized spacial score (nSPS) is 22.3. The van der Waals surface area contributed by atoms with Crippen LogP contribution in [0.2, 0.25) is 0 Å². The molecule has 31 heavy (non-hydrogen) atoms. The zero-order chi connectivity index (χ0) is 21.4. The monoisotopic (exact) mass is 420 g/mol. The Balaban J connectivity index is 1.26. The Morgan fingerprint density at radius 3 is 2.81 bits per heavy atom. The molecule has 2 saturated heterocycles. The number of Topliss-reactive ketones (excluding diaryl/α,β-unsaturated/α-hetero) is 1. The van der Waals surface area contributed by atoms with Gasteiger partial charge in [-0.25, -0.2) is 4.98 Å². The molecule has 1 N–H and O–H groups in total. The lowest BCUT2D eigenvalue weighted by Crippen LogP contribution is -2.52.